The lowest BCUT2D eigenvalue weighted by atomic mass is 9.94. The number of hydrogen-bond donors (Lipinski definition) is 2. The molecular weight excluding hydrogens is 186 g/mol. The topological polar surface area (TPSA) is 32.3 Å². The molecule has 0 radical (unpaired) electrons. The molecule has 1 aliphatic heterocycles. The highest BCUT2D eigenvalue weighted by atomic mass is 35.5. The van der Waals surface area contributed by atoms with Crippen LogP contribution in [0.5, 0.6) is 5.75 Å². The van der Waals surface area contributed by atoms with Gasteiger partial charge < -0.3 is 10.4 Å². The molecule has 3 heteroatoms. The van der Waals surface area contributed by atoms with E-state index in [4.69, 9.17) is 11.6 Å². The Hall–Kier alpha value is -0.730. The van der Waals surface area contributed by atoms with Crippen molar-refractivity contribution < 1.29 is 5.11 Å². The summed E-state index contributed by atoms with van der Waals surface area (Å²) in [5.74, 6) is 0.903. The smallest absolute Gasteiger partial charge is 0.137 e. The minimum Gasteiger partial charge on any atom is -0.506 e. The summed E-state index contributed by atoms with van der Waals surface area (Å²) < 4.78 is 0. The van der Waals surface area contributed by atoms with Gasteiger partial charge in [0.05, 0.1) is 5.02 Å². The third-order valence-corrected chi connectivity index (χ3v) is 2.75. The maximum absolute atomic E-state index is 9.61. The second-order valence-corrected chi connectivity index (χ2v) is 3.88. The largest absolute Gasteiger partial charge is 0.506 e. The lowest BCUT2D eigenvalue weighted by molar-refractivity contribution is 0.341. The molecule has 2 nitrogen and oxygen atoms in total. The van der Waals surface area contributed by atoms with E-state index in [2.05, 4.69) is 5.32 Å². The zero-order valence-electron chi connectivity index (χ0n) is 7.26. The molecule has 0 saturated carbocycles. The minimum absolute atomic E-state index is 0.246. The highest BCUT2D eigenvalue weighted by Crippen LogP contribution is 2.29. The SMILES string of the molecule is Oc1c(Cl)cccc1CC1CNC1. The number of nitrogens with one attached hydrogen (secondary N) is 1. The van der Waals surface area contributed by atoms with E-state index in [0.29, 0.717) is 10.9 Å². The van der Waals surface area contributed by atoms with Gasteiger partial charge >= 0.3 is 0 Å². The van der Waals surface area contributed by atoms with Crippen LogP contribution in [0.15, 0.2) is 18.2 Å². The van der Waals surface area contributed by atoms with Gasteiger partial charge in [-0.05, 0) is 37.1 Å². The first-order valence-electron chi connectivity index (χ1n) is 4.44. The molecule has 13 heavy (non-hydrogen) atoms. The van der Waals surface area contributed by atoms with Crippen LogP contribution in [0, 0.1) is 5.92 Å². The lowest BCUT2D eigenvalue weighted by Gasteiger charge is -2.27. The molecule has 2 N–H and O–H groups in total. The van der Waals surface area contributed by atoms with Crippen molar-refractivity contribution in [1.29, 1.82) is 0 Å². The van der Waals surface area contributed by atoms with Crippen LogP contribution in [0.4, 0.5) is 0 Å². The Morgan fingerprint density at radius 3 is 2.85 bits per heavy atom. The minimum atomic E-state index is 0.246. The highest BCUT2D eigenvalue weighted by Gasteiger charge is 2.18. The summed E-state index contributed by atoms with van der Waals surface area (Å²) in [6.07, 6.45) is 0.916. The van der Waals surface area contributed by atoms with Gasteiger partial charge in [0.15, 0.2) is 0 Å². The molecule has 0 bridgehead atoms. The second-order valence-electron chi connectivity index (χ2n) is 3.48. The summed E-state index contributed by atoms with van der Waals surface area (Å²) in [4.78, 5) is 0. The number of halogens is 1. The molecule has 1 aliphatic rings. The van der Waals surface area contributed by atoms with Crippen molar-refractivity contribution in [3.8, 4) is 5.75 Å². The van der Waals surface area contributed by atoms with E-state index in [-0.39, 0.29) is 5.75 Å². The van der Waals surface area contributed by atoms with E-state index in [1.165, 1.54) is 0 Å². The van der Waals surface area contributed by atoms with E-state index in [0.717, 1.165) is 25.1 Å². The van der Waals surface area contributed by atoms with Gasteiger partial charge in [0, 0.05) is 0 Å². The Labute approximate surface area is 82.5 Å². The number of phenolic OH excluding ortho intramolecular Hbond substituents is 1. The van der Waals surface area contributed by atoms with Gasteiger partial charge in [-0.15, -0.1) is 0 Å². The summed E-state index contributed by atoms with van der Waals surface area (Å²) in [6, 6.07) is 5.52. The highest BCUT2D eigenvalue weighted by molar-refractivity contribution is 6.32. The molecule has 2 rings (SSSR count). The van der Waals surface area contributed by atoms with Crippen molar-refractivity contribution in [2.24, 2.45) is 5.92 Å². The summed E-state index contributed by atoms with van der Waals surface area (Å²) in [5.41, 5.74) is 0.957. The molecule has 0 unspecified atom stereocenters. The van der Waals surface area contributed by atoms with Crippen LogP contribution in [0.1, 0.15) is 5.56 Å². The van der Waals surface area contributed by atoms with Crippen molar-refractivity contribution in [1.82, 2.24) is 5.32 Å². The second kappa shape index (κ2) is 3.56. The number of rotatable bonds is 2. The Balaban J connectivity index is 2.14. The van der Waals surface area contributed by atoms with Gasteiger partial charge in [-0.1, -0.05) is 23.7 Å². The maximum Gasteiger partial charge on any atom is 0.137 e. The van der Waals surface area contributed by atoms with Crippen LogP contribution < -0.4 is 5.32 Å². The Morgan fingerprint density at radius 1 is 1.46 bits per heavy atom. The van der Waals surface area contributed by atoms with Crippen molar-refractivity contribution in [3.05, 3.63) is 28.8 Å². The summed E-state index contributed by atoms with van der Waals surface area (Å²) in [5, 5.41) is 13.3. The summed E-state index contributed by atoms with van der Waals surface area (Å²) >= 11 is 5.79. The number of para-hydroxylation sites is 1. The molecule has 1 heterocycles. The van der Waals surface area contributed by atoms with Crippen LogP contribution in [0.25, 0.3) is 0 Å². The van der Waals surface area contributed by atoms with Gasteiger partial charge in [-0.25, -0.2) is 0 Å². The standard InChI is InChI=1S/C10H12ClNO/c11-9-3-1-2-8(10(9)13)4-7-5-12-6-7/h1-3,7,12-13H,4-6H2. The summed E-state index contributed by atoms with van der Waals surface area (Å²) in [6.45, 7) is 2.10. The van der Waals surface area contributed by atoms with E-state index in [1.807, 2.05) is 12.1 Å². The van der Waals surface area contributed by atoms with E-state index in [1.54, 1.807) is 6.07 Å². The number of aromatic hydroxyl groups is 1. The van der Waals surface area contributed by atoms with E-state index >= 15 is 0 Å². The van der Waals surface area contributed by atoms with E-state index in [9.17, 15) is 5.11 Å². The molecule has 1 saturated heterocycles. The fourth-order valence-electron chi connectivity index (χ4n) is 1.53. The number of benzene rings is 1. The zero-order valence-corrected chi connectivity index (χ0v) is 8.01. The average Bonchev–Trinajstić information content (AvgIpc) is 2.04. The van der Waals surface area contributed by atoms with E-state index < -0.39 is 0 Å². The van der Waals surface area contributed by atoms with Gasteiger partial charge in [0.25, 0.3) is 0 Å². The lowest BCUT2D eigenvalue weighted by Crippen LogP contribution is -2.43. The predicted octanol–water partition coefficient (Wildman–Crippen LogP) is 1.81. The van der Waals surface area contributed by atoms with Crippen LogP contribution in [0.2, 0.25) is 5.02 Å². The molecule has 70 valence electrons. The first-order chi connectivity index (χ1) is 6.27. The first kappa shape index (κ1) is 8.85. The van der Waals surface area contributed by atoms with Crippen LogP contribution >= 0.6 is 11.6 Å². The van der Waals surface area contributed by atoms with Crippen LogP contribution in [0.3, 0.4) is 0 Å². The van der Waals surface area contributed by atoms with Gasteiger partial charge in [-0.2, -0.15) is 0 Å². The average molecular weight is 198 g/mol. The number of hydrogen-bond acceptors (Lipinski definition) is 2. The third-order valence-electron chi connectivity index (χ3n) is 2.44. The van der Waals surface area contributed by atoms with Crippen molar-refractivity contribution >= 4 is 11.6 Å². The Kier molecular flexibility index (Phi) is 2.42. The summed E-state index contributed by atoms with van der Waals surface area (Å²) in [7, 11) is 0. The molecule has 0 spiro atoms. The fourth-order valence-corrected chi connectivity index (χ4v) is 1.72. The van der Waals surface area contributed by atoms with Gasteiger partial charge in [0.2, 0.25) is 0 Å². The van der Waals surface area contributed by atoms with Crippen LogP contribution in [-0.2, 0) is 6.42 Å². The van der Waals surface area contributed by atoms with Gasteiger partial charge in [-0.3, -0.25) is 0 Å². The molecule has 0 amide bonds. The number of phenols is 1. The monoisotopic (exact) mass is 197 g/mol. The normalized spacial score (nSPS) is 17.0. The molecule has 0 aromatic heterocycles. The first-order valence-corrected chi connectivity index (χ1v) is 4.82. The van der Waals surface area contributed by atoms with Gasteiger partial charge in [0.1, 0.15) is 5.75 Å². The molecular formula is C10H12ClNO. The van der Waals surface area contributed by atoms with Crippen molar-refractivity contribution in [3.63, 3.8) is 0 Å². The molecule has 0 aliphatic carbocycles. The maximum atomic E-state index is 9.61. The van der Waals surface area contributed by atoms with Crippen LogP contribution in [-0.4, -0.2) is 18.2 Å². The third kappa shape index (κ3) is 1.79. The quantitative estimate of drug-likeness (QED) is 0.758. The Morgan fingerprint density at radius 2 is 2.23 bits per heavy atom. The fraction of sp³-hybridized carbons (Fsp3) is 0.400. The molecule has 1 aromatic rings. The molecule has 1 aromatic carbocycles. The molecule has 0 atom stereocenters. The zero-order chi connectivity index (χ0) is 9.26. The Bertz CT molecular complexity index is 310. The van der Waals surface area contributed by atoms with Crippen molar-refractivity contribution in [2.45, 2.75) is 6.42 Å². The predicted molar refractivity (Wildman–Crippen MR) is 53.2 cm³/mol. The van der Waals surface area contributed by atoms with Crippen molar-refractivity contribution in [2.75, 3.05) is 13.1 Å². The molecule has 1 fully saturated rings.